The number of nitrogen functional groups attached to an aromatic ring is 1. The predicted molar refractivity (Wildman–Crippen MR) is 89.5 cm³/mol. The molecule has 3 aromatic rings. The summed E-state index contributed by atoms with van der Waals surface area (Å²) in [6.07, 6.45) is 0. The topological polar surface area (TPSA) is 63.8 Å². The Hall–Kier alpha value is -1.82. The van der Waals surface area contributed by atoms with Crippen LogP contribution in [0.5, 0.6) is 0 Å². The van der Waals surface area contributed by atoms with Crippen molar-refractivity contribution in [2.45, 2.75) is 0 Å². The van der Waals surface area contributed by atoms with Crippen LogP contribution in [0.25, 0.3) is 10.6 Å². The minimum Gasteiger partial charge on any atom is -0.399 e. The van der Waals surface area contributed by atoms with E-state index in [-0.39, 0.29) is 0 Å². The molecule has 2 aromatic carbocycles. The van der Waals surface area contributed by atoms with Crippen LogP contribution in [0.1, 0.15) is 0 Å². The number of rotatable bonds is 3. The number of anilines is 3. The second-order valence-corrected chi connectivity index (χ2v) is 6.08. The first-order valence-electron chi connectivity index (χ1n) is 6.03. The van der Waals surface area contributed by atoms with E-state index in [9.17, 15) is 0 Å². The van der Waals surface area contributed by atoms with Gasteiger partial charge < -0.3 is 11.1 Å². The third-order valence-electron chi connectivity index (χ3n) is 2.73. The molecule has 106 valence electrons. The van der Waals surface area contributed by atoms with Crippen molar-refractivity contribution in [1.29, 1.82) is 0 Å². The smallest absolute Gasteiger partial charge is 0.210 e. The van der Waals surface area contributed by atoms with Crippen LogP contribution in [-0.4, -0.2) is 10.2 Å². The summed E-state index contributed by atoms with van der Waals surface area (Å²) in [6, 6.07) is 12.8. The van der Waals surface area contributed by atoms with Gasteiger partial charge in [-0.05, 0) is 30.3 Å². The fraction of sp³-hybridized carbons (Fsp3) is 0. The minimum absolute atomic E-state index is 0.488. The van der Waals surface area contributed by atoms with Crippen molar-refractivity contribution in [3.05, 3.63) is 52.5 Å². The first kappa shape index (κ1) is 14.1. The highest BCUT2D eigenvalue weighted by Gasteiger charge is 2.08. The molecule has 0 bridgehead atoms. The highest BCUT2D eigenvalue weighted by Crippen LogP contribution is 2.31. The van der Waals surface area contributed by atoms with E-state index in [0.717, 1.165) is 16.3 Å². The Morgan fingerprint density at radius 1 is 1.00 bits per heavy atom. The molecular formula is C14H10Cl2N4S. The van der Waals surface area contributed by atoms with Crippen molar-refractivity contribution in [3.63, 3.8) is 0 Å². The van der Waals surface area contributed by atoms with Crippen LogP contribution < -0.4 is 11.1 Å². The molecule has 0 aliphatic heterocycles. The van der Waals surface area contributed by atoms with Gasteiger partial charge in [0, 0.05) is 16.9 Å². The van der Waals surface area contributed by atoms with E-state index in [2.05, 4.69) is 15.5 Å². The number of hydrogen-bond donors (Lipinski definition) is 2. The standard InChI is InChI=1S/C14H10Cl2N4S/c15-11-5-4-10(7-12(11)16)18-14-20-19-13(21-14)8-2-1-3-9(17)6-8/h1-7H,17H2,(H,18,20). The molecular weight excluding hydrogens is 327 g/mol. The predicted octanol–water partition coefficient (Wildman–Crippen LogP) is 4.84. The Bertz CT molecular complexity index is 788. The van der Waals surface area contributed by atoms with E-state index in [1.165, 1.54) is 11.3 Å². The van der Waals surface area contributed by atoms with Gasteiger partial charge in [0.1, 0.15) is 5.01 Å². The van der Waals surface area contributed by atoms with Gasteiger partial charge in [-0.3, -0.25) is 0 Å². The van der Waals surface area contributed by atoms with E-state index in [1.54, 1.807) is 12.1 Å². The molecule has 4 nitrogen and oxygen atoms in total. The maximum atomic E-state index is 5.98. The largest absolute Gasteiger partial charge is 0.399 e. The lowest BCUT2D eigenvalue weighted by Crippen LogP contribution is -1.89. The summed E-state index contributed by atoms with van der Waals surface area (Å²) in [5, 5.41) is 13.9. The lowest BCUT2D eigenvalue weighted by molar-refractivity contribution is 1.10. The highest BCUT2D eigenvalue weighted by molar-refractivity contribution is 7.18. The highest BCUT2D eigenvalue weighted by atomic mass is 35.5. The van der Waals surface area contributed by atoms with Crippen LogP contribution in [0.3, 0.4) is 0 Å². The number of nitrogens with two attached hydrogens (primary N) is 1. The third-order valence-corrected chi connectivity index (χ3v) is 4.36. The number of aromatic nitrogens is 2. The zero-order valence-corrected chi connectivity index (χ0v) is 13.0. The van der Waals surface area contributed by atoms with Crippen molar-refractivity contribution in [2.24, 2.45) is 0 Å². The molecule has 21 heavy (non-hydrogen) atoms. The van der Waals surface area contributed by atoms with E-state index in [0.29, 0.717) is 20.9 Å². The Kier molecular flexibility index (Phi) is 3.96. The molecule has 0 spiro atoms. The van der Waals surface area contributed by atoms with Gasteiger partial charge in [-0.1, -0.05) is 46.7 Å². The first-order valence-corrected chi connectivity index (χ1v) is 7.60. The van der Waals surface area contributed by atoms with Crippen molar-refractivity contribution in [3.8, 4) is 10.6 Å². The van der Waals surface area contributed by atoms with Crippen LogP contribution in [0, 0.1) is 0 Å². The Balaban J connectivity index is 1.83. The van der Waals surface area contributed by atoms with Crippen molar-refractivity contribution < 1.29 is 0 Å². The summed E-state index contributed by atoms with van der Waals surface area (Å²) in [5.41, 5.74) is 8.21. The minimum atomic E-state index is 0.488. The summed E-state index contributed by atoms with van der Waals surface area (Å²) < 4.78 is 0. The Labute approximate surface area is 135 Å². The summed E-state index contributed by atoms with van der Waals surface area (Å²) >= 11 is 13.3. The molecule has 3 N–H and O–H groups in total. The molecule has 0 aliphatic rings. The van der Waals surface area contributed by atoms with Gasteiger partial charge in [0.2, 0.25) is 5.13 Å². The SMILES string of the molecule is Nc1cccc(-c2nnc(Nc3ccc(Cl)c(Cl)c3)s2)c1. The van der Waals surface area contributed by atoms with E-state index in [4.69, 9.17) is 28.9 Å². The van der Waals surface area contributed by atoms with Crippen LogP contribution >= 0.6 is 34.5 Å². The summed E-state index contributed by atoms with van der Waals surface area (Å²) in [4.78, 5) is 0. The monoisotopic (exact) mass is 336 g/mol. The molecule has 1 aromatic heterocycles. The lowest BCUT2D eigenvalue weighted by atomic mass is 10.2. The van der Waals surface area contributed by atoms with Gasteiger partial charge in [-0.15, -0.1) is 10.2 Å². The summed E-state index contributed by atoms with van der Waals surface area (Å²) in [6.45, 7) is 0. The third kappa shape index (κ3) is 3.26. The fourth-order valence-electron chi connectivity index (χ4n) is 1.76. The maximum Gasteiger partial charge on any atom is 0.210 e. The summed E-state index contributed by atoms with van der Waals surface area (Å²) in [7, 11) is 0. The zero-order valence-electron chi connectivity index (χ0n) is 10.7. The average Bonchev–Trinajstić information content (AvgIpc) is 2.91. The fourth-order valence-corrected chi connectivity index (χ4v) is 2.82. The van der Waals surface area contributed by atoms with Gasteiger partial charge >= 0.3 is 0 Å². The van der Waals surface area contributed by atoms with Crippen LogP contribution in [0.15, 0.2) is 42.5 Å². The molecule has 0 radical (unpaired) electrons. The van der Waals surface area contributed by atoms with Crippen LogP contribution in [-0.2, 0) is 0 Å². The van der Waals surface area contributed by atoms with Crippen molar-refractivity contribution in [1.82, 2.24) is 10.2 Å². The number of nitrogens with zero attached hydrogens (tertiary/aromatic N) is 2. The van der Waals surface area contributed by atoms with Crippen molar-refractivity contribution >= 4 is 51.0 Å². The van der Waals surface area contributed by atoms with Crippen molar-refractivity contribution in [2.75, 3.05) is 11.1 Å². The van der Waals surface area contributed by atoms with Gasteiger partial charge in [0.15, 0.2) is 0 Å². The first-order chi connectivity index (χ1) is 10.1. The second kappa shape index (κ2) is 5.89. The zero-order chi connectivity index (χ0) is 14.8. The maximum absolute atomic E-state index is 5.98. The number of nitrogens with one attached hydrogen (secondary N) is 1. The number of halogens is 2. The molecule has 0 fully saturated rings. The quantitative estimate of drug-likeness (QED) is 0.672. The summed E-state index contributed by atoms with van der Waals surface area (Å²) in [5.74, 6) is 0. The number of benzene rings is 2. The second-order valence-electron chi connectivity index (χ2n) is 4.29. The van der Waals surface area contributed by atoms with Gasteiger partial charge in [0.05, 0.1) is 10.0 Å². The molecule has 0 atom stereocenters. The molecule has 0 saturated heterocycles. The van der Waals surface area contributed by atoms with Gasteiger partial charge in [0.25, 0.3) is 0 Å². The Morgan fingerprint density at radius 3 is 2.62 bits per heavy atom. The van der Waals surface area contributed by atoms with E-state index in [1.807, 2.05) is 30.3 Å². The van der Waals surface area contributed by atoms with Crippen LogP contribution in [0.4, 0.5) is 16.5 Å². The Morgan fingerprint density at radius 2 is 1.86 bits per heavy atom. The van der Waals surface area contributed by atoms with Crippen LogP contribution in [0.2, 0.25) is 10.0 Å². The lowest BCUT2D eigenvalue weighted by Gasteiger charge is -2.03. The normalized spacial score (nSPS) is 10.6. The molecule has 0 amide bonds. The van der Waals surface area contributed by atoms with E-state index < -0.39 is 0 Å². The molecule has 0 unspecified atom stereocenters. The van der Waals surface area contributed by atoms with Gasteiger partial charge in [-0.25, -0.2) is 0 Å². The van der Waals surface area contributed by atoms with Gasteiger partial charge in [-0.2, -0.15) is 0 Å². The average molecular weight is 337 g/mol. The molecule has 1 heterocycles. The number of hydrogen-bond acceptors (Lipinski definition) is 5. The molecule has 0 aliphatic carbocycles. The molecule has 0 saturated carbocycles. The van der Waals surface area contributed by atoms with E-state index >= 15 is 0 Å². The molecule has 3 rings (SSSR count). The molecule has 7 heteroatoms.